The van der Waals surface area contributed by atoms with Crippen LogP contribution < -0.4 is 0 Å². The van der Waals surface area contributed by atoms with Gasteiger partial charge < -0.3 is 19.5 Å². The third kappa shape index (κ3) is 5.33. The number of hydrogen-bond acceptors (Lipinski definition) is 6. The standard InChI is InChI=1S/C30H38N2O5/c1-22(33)37-30-14-13-26(31(2)28(35)36-20-24-7-4-3-5-8-24)18-29(30,25-9-6-10-27(34)17-25)15-16-32(21-30)19-23-11-12-23/h3-10,17,23,26,34H,11-16,18-21H2,1-2H3/t26-,29-,30-/m0/s1. The zero-order valence-corrected chi connectivity index (χ0v) is 21.9. The van der Waals surface area contributed by atoms with Gasteiger partial charge in [-0.15, -0.1) is 0 Å². The van der Waals surface area contributed by atoms with Gasteiger partial charge in [-0.05, 0) is 74.2 Å². The fraction of sp³-hybridized carbons (Fsp3) is 0.533. The lowest BCUT2D eigenvalue weighted by Gasteiger charge is -2.60. The largest absolute Gasteiger partial charge is 0.508 e. The van der Waals surface area contributed by atoms with Gasteiger partial charge in [-0.1, -0.05) is 42.5 Å². The van der Waals surface area contributed by atoms with Gasteiger partial charge in [0.15, 0.2) is 0 Å². The van der Waals surface area contributed by atoms with E-state index in [2.05, 4.69) is 4.90 Å². The summed E-state index contributed by atoms with van der Waals surface area (Å²) >= 11 is 0. The second kappa shape index (κ2) is 10.4. The molecule has 198 valence electrons. The molecule has 37 heavy (non-hydrogen) atoms. The van der Waals surface area contributed by atoms with Crippen molar-refractivity contribution in [2.75, 3.05) is 26.7 Å². The number of carbonyl (C=O) groups is 2. The first-order valence-corrected chi connectivity index (χ1v) is 13.5. The number of fused-ring (bicyclic) bond motifs is 1. The first kappa shape index (κ1) is 25.6. The van der Waals surface area contributed by atoms with Gasteiger partial charge in [0.2, 0.25) is 0 Å². The summed E-state index contributed by atoms with van der Waals surface area (Å²) in [6.07, 6.45) is 4.97. The van der Waals surface area contributed by atoms with Crippen molar-refractivity contribution in [3.63, 3.8) is 0 Å². The van der Waals surface area contributed by atoms with Crippen LogP contribution in [0.3, 0.4) is 0 Å². The van der Waals surface area contributed by atoms with Gasteiger partial charge in [0.1, 0.15) is 18.0 Å². The Hall–Kier alpha value is -3.06. The molecule has 7 heteroatoms. The predicted molar refractivity (Wildman–Crippen MR) is 140 cm³/mol. The van der Waals surface area contributed by atoms with E-state index in [0.717, 1.165) is 36.6 Å². The number of phenols is 1. The van der Waals surface area contributed by atoms with Gasteiger partial charge in [-0.2, -0.15) is 0 Å². The lowest BCUT2D eigenvalue weighted by molar-refractivity contribution is -0.189. The molecule has 2 aliphatic carbocycles. The Bertz CT molecular complexity index is 1120. The minimum Gasteiger partial charge on any atom is -0.508 e. The van der Waals surface area contributed by atoms with Crippen LogP contribution in [-0.2, 0) is 26.3 Å². The van der Waals surface area contributed by atoms with E-state index < -0.39 is 11.0 Å². The molecule has 1 heterocycles. The van der Waals surface area contributed by atoms with Crippen molar-refractivity contribution < 1.29 is 24.2 Å². The van der Waals surface area contributed by atoms with E-state index in [0.29, 0.717) is 25.8 Å². The van der Waals surface area contributed by atoms with Crippen molar-refractivity contribution in [3.05, 3.63) is 65.7 Å². The molecule has 5 rings (SSSR count). The van der Waals surface area contributed by atoms with Crippen LogP contribution in [0.5, 0.6) is 5.75 Å². The van der Waals surface area contributed by atoms with Gasteiger partial charge >= 0.3 is 12.1 Å². The van der Waals surface area contributed by atoms with E-state index >= 15 is 0 Å². The van der Waals surface area contributed by atoms with Crippen LogP contribution in [-0.4, -0.2) is 65.3 Å². The summed E-state index contributed by atoms with van der Waals surface area (Å²) in [5.74, 6) is 0.651. The number of rotatable bonds is 7. The molecule has 1 N–H and O–H groups in total. The minimum absolute atomic E-state index is 0.0794. The van der Waals surface area contributed by atoms with Crippen LogP contribution in [0.1, 0.15) is 56.6 Å². The van der Waals surface area contributed by atoms with E-state index in [-0.39, 0.29) is 30.5 Å². The summed E-state index contributed by atoms with van der Waals surface area (Å²) in [4.78, 5) is 29.8. The predicted octanol–water partition coefficient (Wildman–Crippen LogP) is 4.87. The Morgan fingerprint density at radius 1 is 1.08 bits per heavy atom. The third-order valence-corrected chi connectivity index (χ3v) is 8.66. The van der Waals surface area contributed by atoms with Gasteiger partial charge in [-0.25, -0.2) is 4.79 Å². The second-order valence-corrected chi connectivity index (χ2v) is 11.2. The van der Waals surface area contributed by atoms with Crippen LogP contribution in [0.15, 0.2) is 54.6 Å². The second-order valence-electron chi connectivity index (χ2n) is 11.2. The van der Waals surface area contributed by atoms with Crippen molar-refractivity contribution in [2.45, 2.75) is 69.1 Å². The molecule has 2 aromatic carbocycles. The molecule has 7 nitrogen and oxygen atoms in total. The average molecular weight is 507 g/mol. The summed E-state index contributed by atoms with van der Waals surface area (Å²) in [7, 11) is 1.80. The Morgan fingerprint density at radius 3 is 2.57 bits per heavy atom. The SMILES string of the molecule is CC(=O)O[C@]12CC[C@H](N(C)C(=O)OCc3ccccc3)C[C@]1(c1cccc(O)c1)CCN(CC1CC1)C2. The highest BCUT2D eigenvalue weighted by Gasteiger charge is 2.61. The summed E-state index contributed by atoms with van der Waals surface area (Å²) in [6.45, 7) is 4.31. The van der Waals surface area contributed by atoms with E-state index in [4.69, 9.17) is 9.47 Å². The van der Waals surface area contributed by atoms with Crippen LogP contribution in [0.4, 0.5) is 4.79 Å². The van der Waals surface area contributed by atoms with Gasteiger partial charge in [0.05, 0.1) is 0 Å². The number of esters is 1. The average Bonchev–Trinajstić information content (AvgIpc) is 3.70. The zero-order valence-electron chi connectivity index (χ0n) is 21.9. The van der Waals surface area contributed by atoms with Crippen molar-refractivity contribution in [3.8, 4) is 5.75 Å². The van der Waals surface area contributed by atoms with Crippen molar-refractivity contribution in [1.29, 1.82) is 0 Å². The van der Waals surface area contributed by atoms with Crippen LogP contribution in [0.25, 0.3) is 0 Å². The highest BCUT2D eigenvalue weighted by Crippen LogP contribution is 2.55. The quantitative estimate of drug-likeness (QED) is 0.540. The van der Waals surface area contributed by atoms with Gasteiger partial charge in [0, 0.05) is 38.5 Å². The van der Waals surface area contributed by atoms with Crippen molar-refractivity contribution in [1.82, 2.24) is 9.80 Å². The molecule has 2 aromatic rings. The molecule has 1 amide bonds. The fourth-order valence-electron chi connectivity index (χ4n) is 6.59. The Kier molecular flexibility index (Phi) is 7.17. The molecule has 0 bridgehead atoms. The Balaban J connectivity index is 1.42. The number of benzene rings is 2. The van der Waals surface area contributed by atoms with Crippen molar-refractivity contribution in [2.24, 2.45) is 5.92 Å². The van der Waals surface area contributed by atoms with E-state index in [9.17, 15) is 14.7 Å². The molecule has 2 saturated carbocycles. The number of nitrogens with zero attached hydrogens (tertiary/aromatic N) is 2. The molecular formula is C30H38N2O5. The fourth-order valence-corrected chi connectivity index (χ4v) is 6.59. The smallest absolute Gasteiger partial charge is 0.410 e. The lowest BCUT2D eigenvalue weighted by Crippen LogP contribution is -2.68. The molecule has 0 aromatic heterocycles. The molecule has 1 aliphatic heterocycles. The van der Waals surface area contributed by atoms with Crippen molar-refractivity contribution >= 4 is 12.1 Å². The molecular weight excluding hydrogens is 468 g/mol. The van der Waals surface area contributed by atoms with Gasteiger partial charge in [-0.3, -0.25) is 9.69 Å². The van der Waals surface area contributed by atoms with Gasteiger partial charge in [0.25, 0.3) is 0 Å². The molecule has 0 unspecified atom stereocenters. The van der Waals surface area contributed by atoms with Crippen LogP contribution in [0, 0.1) is 5.92 Å². The molecule has 3 aliphatic rings. The maximum absolute atomic E-state index is 13.1. The maximum atomic E-state index is 13.1. The number of piperidine rings is 1. The normalized spacial score (nSPS) is 27.7. The zero-order chi connectivity index (χ0) is 26.0. The summed E-state index contributed by atoms with van der Waals surface area (Å²) in [5, 5.41) is 10.4. The minimum atomic E-state index is -0.717. The molecule has 3 fully saturated rings. The number of carbonyl (C=O) groups excluding carboxylic acids is 2. The highest BCUT2D eigenvalue weighted by atomic mass is 16.6. The number of aromatic hydroxyl groups is 1. The molecule has 0 radical (unpaired) electrons. The molecule has 3 atom stereocenters. The third-order valence-electron chi connectivity index (χ3n) is 8.66. The lowest BCUT2D eigenvalue weighted by atomic mass is 9.55. The van der Waals surface area contributed by atoms with E-state index in [1.54, 1.807) is 18.0 Å². The summed E-state index contributed by atoms with van der Waals surface area (Å²) in [6, 6.07) is 17.0. The Labute approximate surface area is 219 Å². The topological polar surface area (TPSA) is 79.3 Å². The highest BCUT2D eigenvalue weighted by molar-refractivity contribution is 5.68. The van der Waals surface area contributed by atoms with E-state index in [1.807, 2.05) is 48.5 Å². The monoisotopic (exact) mass is 506 g/mol. The number of hydrogen-bond donors (Lipinski definition) is 1. The molecule has 0 spiro atoms. The number of likely N-dealkylation sites (tertiary alicyclic amines) is 1. The number of ether oxygens (including phenoxy) is 2. The van der Waals surface area contributed by atoms with E-state index in [1.165, 1.54) is 19.8 Å². The number of amides is 1. The summed E-state index contributed by atoms with van der Waals surface area (Å²) in [5.41, 5.74) is 0.677. The Morgan fingerprint density at radius 2 is 1.86 bits per heavy atom. The first-order valence-electron chi connectivity index (χ1n) is 13.5. The number of phenolic OH excluding ortho intramolecular Hbond substituents is 1. The van der Waals surface area contributed by atoms with Crippen LogP contribution >= 0.6 is 0 Å². The maximum Gasteiger partial charge on any atom is 0.410 e. The molecule has 1 saturated heterocycles. The van der Waals surface area contributed by atoms with Crippen LogP contribution in [0.2, 0.25) is 0 Å². The first-order chi connectivity index (χ1) is 17.8. The summed E-state index contributed by atoms with van der Waals surface area (Å²) < 4.78 is 12.0.